The molecule has 0 spiro atoms. The molecule has 4 nitrogen and oxygen atoms in total. The lowest BCUT2D eigenvalue weighted by Crippen LogP contribution is -2.45. The Labute approximate surface area is 193 Å². The first kappa shape index (κ1) is 21.8. The van der Waals surface area contributed by atoms with E-state index in [1.807, 2.05) is 6.20 Å². The van der Waals surface area contributed by atoms with E-state index < -0.39 is 0 Å². The summed E-state index contributed by atoms with van der Waals surface area (Å²) in [6, 6.07) is 12.1. The van der Waals surface area contributed by atoms with Crippen LogP contribution in [0.3, 0.4) is 0 Å². The van der Waals surface area contributed by atoms with Crippen LogP contribution < -0.4 is 5.32 Å². The van der Waals surface area contributed by atoms with E-state index in [1.165, 1.54) is 74.0 Å². The summed E-state index contributed by atoms with van der Waals surface area (Å²) in [7, 11) is 2.29. The van der Waals surface area contributed by atoms with Crippen LogP contribution in [0.4, 0.5) is 0 Å². The number of hydrogen-bond acceptors (Lipinski definition) is 4. The molecule has 2 aliphatic heterocycles. The molecule has 170 valence electrons. The van der Waals surface area contributed by atoms with Crippen molar-refractivity contribution >= 4 is 6.08 Å². The molecule has 2 aromatic rings. The number of aryl methyl sites for hydroxylation is 1. The zero-order valence-corrected chi connectivity index (χ0v) is 19.6. The number of hydrogen-bond donors (Lipinski definition) is 1. The van der Waals surface area contributed by atoms with E-state index in [9.17, 15) is 0 Å². The van der Waals surface area contributed by atoms with Crippen LogP contribution in [0.1, 0.15) is 66.1 Å². The molecule has 0 bridgehead atoms. The number of nitrogens with zero attached hydrogens (tertiary/aromatic N) is 3. The van der Waals surface area contributed by atoms with Crippen molar-refractivity contribution in [2.45, 2.75) is 63.6 Å². The minimum absolute atomic E-state index is 0.447. The van der Waals surface area contributed by atoms with Gasteiger partial charge in [0, 0.05) is 31.9 Å². The summed E-state index contributed by atoms with van der Waals surface area (Å²) >= 11 is 0. The molecular formula is C28H38N4. The summed E-state index contributed by atoms with van der Waals surface area (Å²) < 4.78 is 0. The number of benzene rings is 1. The van der Waals surface area contributed by atoms with Crippen molar-refractivity contribution in [2.24, 2.45) is 0 Å². The molecule has 3 heterocycles. The quantitative estimate of drug-likeness (QED) is 0.726. The third-order valence-electron chi connectivity index (χ3n) is 7.66. The number of pyridine rings is 1. The number of nitrogens with one attached hydrogen (secondary N) is 1. The van der Waals surface area contributed by atoms with Gasteiger partial charge >= 0.3 is 0 Å². The van der Waals surface area contributed by atoms with Crippen molar-refractivity contribution in [1.29, 1.82) is 0 Å². The summed E-state index contributed by atoms with van der Waals surface area (Å²) in [6.07, 6.45) is 15.6. The van der Waals surface area contributed by atoms with Crippen LogP contribution >= 0.6 is 0 Å². The topological polar surface area (TPSA) is 31.4 Å². The zero-order valence-electron chi connectivity index (χ0n) is 19.6. The van der Waals surface area contributed by atoms with Gasteiger partial charge in [0.05, 0.1) is 11.7 Å². The zero-order chi connectivity index (χ0) is 21.8. The average molecular weight is 431 g/mol. The summed E-state index contributed by atoms with van der Waals surface area (Å²) in [5, 5.41) is 3.81. The molecule has 0 amide bonds. The van der Waals surface area contributed by atoms with Crippen molar-refractivity contribution in [3.05, 3.63) is 70.6 Å². The number of rotatable bonds is 6. The maximum Gasteiger partial charge on any atom is 0.0607 e. The molecule has 0 unspecified atom stereocenters. The van der Waals surface area contributed by atoms with Crippen LogP contribution in [0.2, 0.25) is 0 Å². The standard InChI is InChI=1S/C28H38N4/c1-31(27-14-6-10-23-12-7-15-29-28(23)27)21-25-19-26-22(9-5-11-24(26)20-30-25)13-8-18-32-16-3-2-4-17-32/h5,7-9,11-13,15,25,27,30H,2-4,6,10,14,16-21H2,1H3/b13-8+/t25-,27-/m0/s1. The molecule has 1 fully saturated rings. The lowest BCUT2D eigenvalue weighted by molar-refractivity contribution is 0.191. The molecule has 1 aromatic heterocycles. The molecule has 1 aliphatic carbocycles. The van der Waals surface area contributed by atoms with Crippen LogP contribution in [0, 0.1) is 0 Å². The van der Waals surface area contributed by atoms with Gasteiger partial charge in [0.25, 0.3) is 0 Å². The molecule has 5 rings (SSSR count). The Morgan fingerprint density at radius 2 is 1.97 bits per heavy atom. The van der Waals surface area contributed by atoms with Crippen molar-refractivity contribution in [3.63, 3.8) is 0 Å². The monoisotopic (exact) mass is 430 g/mol. The Morgan fingerprint density at radius 1 is 1.09 bits per heavy atom. The normalized spacial score (nSPS) is 23.9. The highest BCUT2D eigenvalue weighted by Gasteiger charge is 2.28. The van der Waals surface area contributed by atoms with Gasteiger partial charge < -0.3 is 5.32 Å². The largest absolute Gasteiger partial charge is 0.308 e. The van der Waals surface area contributed by atoms with E-state index >= 15 is 0 Å². The smallest absolute Gasteiger partial charge is 0.0607 e. The summed E-state index contributed by atoms with van der Waals surface area (Å²) in [5.41, 5.74) is 7.17. The molecule has 1 saturated heterocycles. The molecule has 3 aliphatic rings. The van der Waals surface area contributed by atoms with Crippen LogP contribution in [-0.4, -0.2) is 54.1 Å². The molecule has 0 radical (unpaired) electrons. The minimum Gasteiger partial charge on any atom is -0.308 e. The Kier molecular flexibility index (Phi) is 7.01. The fourth-order valence-electron chi connectivity index (χ4n) is 5.89. The SMILES string of the molecule is CN(C[C@@H]1Cc2c(/C=C/CN3CCCCC3)cccc2CN1)[C@H]1CCCc2cccnc21. The summed E-state index contributed by atoms with van der Waals surface area (Å²) in [4.78, 5) is 9.89. The van der Waals surface area contributed by atoms with E-state index in [0.29, 0.717) is 12.1 Å². The fourth-order valence-corrected chi connectivity index (χ4v) is 5.89. The number of piperidine rings is 1. The van der Waals surface area contributed by atoms with Gasteiger partial charge in [0.2, 0.25) is 0 Å². The van der Waals surface area contributed by atoms with Gasteiger partial charge in [-0.15, -0.1) is 0 Å². The first-order chi connectivity index (χ1) is 15.8. The highest BCUT2D eigenvalue weighted by atomic mass is 15.2. The van der Waals surface area contributed by atoms with Crippen LogP contribution in [0.25, 0.3) is 6.08 Å². The second-order valence-corrected chi connectivity index (χ2v) is 9.93. The highest BCUT2D eigenvalue weighted by Crippen LogP contribution is 2.32. The van der Waals surface area contributed by atoms with E-state index in [1.54, 1.807) is 5.56 Å². The molecule has 2 atom stereocenters. The Hall–Kier alpha value is -2.01. The van der Waals surface area contributed by atoms with Gasteiger partial charge in [0.15, 0.2) is 0 Å². The predicted octanol–water partition coefficient (Wildman–Crippen LogP) is 4.60. The van der Waals surface area contributed by atoms with E-state index in [2.05, 4.69) is 64.6 Å². The lowest BCUT2D eigenvalue weighted by Gasteiger charge is -2.36. The Morgan fingerprint density at radius 3 is 2.88 bits per heavy atom. The van der Waals surface area contributed by atoms with Crippen molar-refractivity contribution in [1.82, 2.24) is 20.1 Å². The molecule has 1 aromatic carbocycles. The second-order valence-electron chi connectivity index (χ2n) is 9.93. The number of likely N-dealkylation sites (N-methyl/N-ethyl adjacent to an activating group) is 1. The van der Waals surface area contributed by atoms with Gasteiger partial charge in [-0.2, -0.15) is 0 Å². The van der Waals surface area contributed by atoms with E-state index in [-0.39, 0.29) is 0 Å². The summed E-state index contributed by atoms with van der Waals surface area (Å²) in [6.45, 7) is 5.64. The minimum atomic E-state index is 0.447. The molecule has 4 heteroatoms. The van der Waals surface area contributed by atoms with Crippen LogP contribution in [0.15, 0.2) is 42.6 Å². The number of likely N-dealkylation sites (tertiary alicyclic amines) is 1. The van der Waals surface area contributed by atoms with Crippen molar-refractivity contribution in [2.75, 3.05) is 33.2 Å². The van der Waals surface area contributed by atoms with Crippen molar-refractivity contribution in [3.8, 4) is 0 Å². The van der Waals surface area contributed by atoms with Crippen LogP contribution in [-0.2, 0) is 19.4 Å². The van der Waals surface area contributed by atoms with Crippen LogP contribution in [0.5, 0.6) is 0 Å². The number of aromatic nitrogens is 1. The lowest BCUT2D eigenvalue weighted by atomic mass is 9.89. The van der Waals surface area contributed by atoms with Gasteiger partial charge in [-0.05, 0) is 87.0 Å². The van der Waals surface area contributed by atoms with Gasteiger partial charge in [-0.3, -0.25) is 14.8 Å². The highest BCUT2D eigenvalue weighted by molar-refractivity contribution is 5.57. The fraction of sp³-hybridized carbons (Fsp3) is 0.536. The third kappa shape index (κ3) is 4.98. The van der Waals surface area contributed by atoms with E-state index in [4.69, 9.17) is 4.98 Å². The predicted molar refractivity (Wildman–Crippen MR) is 133 cm³/mol. The first-order valence-electron chi connectivity index (χ1n) is 12.6. The molecule has 0 saturated carbocycles. The molecular weight excluding hydrogens is 392 g/mol. The second kappa shape index (κ2) is 10.3. The van der Waals surface area contributed by atoms with Gasteiger partial charge in [-0.25, -0.2) is 0 Å². The van der Waals surface area contributed by atoms with Gasteiger partial charge in [-0.1, -0.05) is 42.8 Å². The maximum atomic E-state index is 4.76. The third-order valence-corrected chi connectivity index (χ3v) is 7.66. The maximum absolute atomic E-state index is 4.76. The number of fused-ring (bicyclic) bond motifs is 2. The molecule has 32 heavy (non-hydrogen) atoms. The first-order valence-corrected chi connectivity index (χ1v) is 12.6. The Balaban J connectivity index is 1.24. The van der Waals surface area contributed by atoms with E-state index in [0.717, 1.165) is 26.1 Å². The molecule has 1 N–H and O–H groups in total. The average Bonchev–Trinajstić information content (AvgIpc) is 2.84. The summed E-state index contributed by atoms with van der Waals surface area (Å²) in [5.74, 6) is 0. The van der Waals surface area contributed by atoms with Gasteiger partial charge in [0.1, 0.15) is 0 Å². The Bertz CT molecular complexity index is 931. The van der Waals surface area contributed by atoms with Crippen molar-refractivity contribution < 1.29 is 0 Å².